The van der Waals surface area contributed by atoms with Gasteiger partial charge in [0.25, 0.3) is 5.91 Å². The van der Waals surface area contributed by atoms with Crippen LogP contribution in [-0.4, -0.2) is 36.4 Å². The molecule has 2 heterocycles. The Bertz CT molecular complexity index is 637. The van der Waals surface area contributed by atoms with E-state index in [0.717, 1.165) is 42.7 Å². The summed E-state index contributed by atoms with van der Waals surface area (Å²) in [6.07, 6.45) is 5.03. The maximum absolute atomic E-state index is 12.9. The molecule has 5 nitrogen and oxygen atoms in total. The van der Waals surface area contributed by atoms with Crippen LogP contribution in [0.15, 0.2) is 4.99 Å². The Labute approximate surface area is 148 Å². The van der Waals surface area contributed by atoms with E-state index >= 15 is 0 Å². The van der Waals surface area contributed by atoms with Crippen molar-refractivity contribution in [1.29, 1.82) is 0 Å². The highest BCUT2D eigenvalue weighted by atomic mass is 32.1. The zero-order valence-corrected chi connectivity index (χ0v) is 15.1. The van der Waals surface area contributed by atoms with Gasteiger partial charge in [0, 0.05) is 30.8 Å². The van der Waals surface area contributed by atoms with Gasteiger partial charge >= 0.3 is 0 Å². The highest BCUT2D eigenvalue weighted by Crippen LogP contribution is 2.41. The molecule has 2 aliphatic rings. The Morgan fingerprint density at radius 3 is 3.00 bits per heavy atom. The third kappa shape index (κ3) is 3.65. The number of aromatic nitrogens is 1. The van der Waals surface area contributed by atoms with E-state index in [4.69, 9.17) is 9.47 Å². The fourth-order valence-corrected chi connectivity index (χ4v) is 4.72. The maximum atomic E-state index is 12.9. The monoisotopic (exact) mass is 354 g/mol. The minimum absolute atomic E-state index is 0. The van der Waals surface area contributed by atoms with Gasteiger partial charge < -0.3 is 14.0 Å². The van der Waals surface area contributed by atoms with Crippen molar-refractivity contribution in [2.75, 3.05) is 20.3 Å². The molecule has 24 heavy (non-hydrogen) atoms. The maximum Gasteiger partial charge on any atom is 0.280 e. The van der Waals surface area contributed by atoms with Crippen molar-refractivity contribution in [2.45, 2.75) is 65.5 Å². The summed E-state index contributed by atoms with van der Waals surface area (Å²) >= 11 is 1.58. The van der Waals surface area contributed by atoms with Gasteiger partial charge in [0.2, 0.25) is 0 Å². The lowest BCUT2D eigenvalue weighted by Gasteiger charge is -2.42. The number of rotatable bonds is 4. The van der Waals surface area contributed by atoms with Gasteiger partial charge in [0.05, 0.1) is 6.61 Å². The second kappa shape index (κ2) is 7.93. The average Bonchev–Trinajstić information content (AvgIpc) is 2.79. The number of thiazole rings is 1. The van der Waals surface area contributed by atoms with Gasteiger partial charge in [-0.1, -0.05) is 13.8 Å². The molecule has 1 amide bonds. The lowest BCUT2D eigenvalue weighted by molar-refractivity contribution is -0.161. The molecule has 1 saturated carbocycles. The largest absolute Gasteiger partial charge is 0.383 e. The zero-order chi connectivity index (χ0) is 16.4. The summed E-state index contributed by atoms with van der Waals surface area (Å²) in [5, 5.41) is 0. The number of hydrogen-bond acceptors (Lipinski definition) is 4. The van der Waals surface area contributed by atoms with E-state index in [9.17, 15) is 4.79 Å². The smallest absolute Gasteiger partial charge is 0.280 e. The predicted molar refractivity (Wildman–Crippen MR) is 96.2 cm³/mol. The number of carbonyl (C=O) groups excluding carboxylic acids is 1. The highest BCUT2D eigenvalue weighted by Gasteiger charge is 2.46. The van der Waals surface area contributed by atoms with Crippen molar-refractivity contribution in [3.8, 4) is 0 Å². The van der Waals surface area contributed by atoms with Gasteiger partial charge in [-0.2, -0.15) is 4.99 Å². The summed E-state index contributed by atoms with van der Waals surface area (Å²) in [4.78, 5) is 19.4. The molecule has 2 atom stereocenters. The van der Waals surface area contributed by atoms with Gasteiger partial charge in [0.1, 0.15) is 5.60 Å². The molecule has 0 N–H and O–H groups in total. The number of hydrogen-bond donors (Lipinski definition) is 0. The first-order valence-corrected chi connectivity index (χ1v) is 9.26. The summed E-state index contributed by atoms with van der Waals surface area (Å²) in [6, 6.07) is 0. The van der Waals surface area contributed by atoms with E-state index in [1.54, 1.807) is 18.4 Å². The average molecular weight is 355 g/mol. The molecular weight excluding hydrogens is 324 g/mol. The Balaban J connectivity index is 0.00000208. The van der Waals surface area contributed by atoms with Gasteiger partial charge in [0.15, 0.2) is 4.80 Å². The second-order valence-corrected chi connectivity index (χ2v) is 7.86. The number of fused-ring (bicyclic) bond motifs is 2. The van der Waals surface area contributed by atoms with Crippen LogP contribution in [0.2, 0.25) is 0 Å². The third-order valence-corrected chi connectivity index (χ3v) is 6.31. The number of nitrogens with zero attached hydrogens (tertiary/aromatic N) is 2. The van der Waals surface area contributed by atoms with E-state index in [2.05, 4.69) is 23.4 Å². The molecule has 2 bridgehead atoms. The van der Waals surface area contributed by atoms with Crippen LogP contribution in [-0.2, 0) is 20.8 Å². The molecule has 2 fully saturated rings. The molecule has 0 radical (unpaired) electrons. The molecule has 3 rings (SSSR count). The van der Waals surface area contributed by atoms with E-state index in [1.807, 2.05) is 0 Å². The summed E-state index contributed by atoms with van der Waals surface area (Å²) in [5.74, 6) is 0.540. The van der Waals surface area contributed by atoms with Crippen LogP contribution in [0.5, 0.6) is 0 Å². The summed E-state index contributed by atoms with van der Waals surface area (Å²) in [6.45, 7) is 6.16. The second-order valence-electron chi connectivity index (χ2n) is 6.68. The lowest BCUT2D eigenvalue weighted by Crippen LogP contribution is -2.49. The molecule has 1 aromatic heterocycles. The normalized spacial score (nSPS) is 27.0. The van der Waals surface area contributed by atoms with Crippen LogP contribution in [0.1, 0.15) is 50.1 Å². The van der Waals surface area contributed by atoms with E-state index in [1.165, 1.54) is 11.3 Å². The minimum atomic E-state index is -0.661. The molecule has 1 aliphatic carbocycles. The molecule has 6 heteroatoms. The van der Waals surface area contributed by atoms with Gasteiger partial charge in [-0.15, -0.1) is 11.3 Å². The Hall–Kier alpha value is -0.980. The molecule has 1 saturated heterocycles. The van der Waals surface area contributed by atoms with Crippen LogP contribution < -0.4 is 4.80 Å². The highest BCUT2D eigenvalue weighted by molar-refractivity contribution is 7.09. The standard InChI is InChI=1S/C17H26N2O3S.CH4/c1-12-13(2)23-16(19(12)8-10-21-3)18-15(20)17-7-4-5-14(11-17)6-9-22-17;/h14H,4-11H2,1-3H3;1H4. The Morgan fingerprint density at radius 2 is 2.25 bits per heavy atom. The summed E-state index contributed by atoms with van der Waals surface area (Å²) in [7, 11) is 1.69. The molecule has 136 valence electrons. The minimum Gasteiger partial charge on any atom is -0.383 e. The SMILES string of the molecule is C.COCCn1c(C)c(C)sc1=NC(=O)C12CCCC(CCO1)C2. The van der Waals surface area contributed by atoms with Crippen LogP contribution in [0, 0.1) is 19.8 Å². The van der Waals surface area contributed by atoms with Gasteiger partial charge in [-0.25, -0.2) is 0 Å². The molecular formula is C18H30N2O3S. The van der Waals surface area contributed by atoms with Crippen molar-refractivity contribution >= 4 is 17.2 Å². The van der Waals surface area contributed by atoms with Gasteiger partial charge in [-0.3, -0.25) is 4.79 Å². The van der Waals surface area contributed by atoms with Crippen LogP contribution in [0.25, 0.3) is 0 Å². The summed E-state index contributed by atoms with van der Waals surface area (Å²) < 4.78 is 13.2. The van der Waals surface area contributed by atoms with E-state index in [0.29, 0.717) is 19.1 Å². The number of ether oxygens (including phenoxy) is 2. The fourth-order valence-electron chi connectivity index (χ4n) is 3.72. The van der Waals surface area contributed by atoms with Crippen molar-refractivity contribution in [3.05, 3.63) is 15.4 Å². The van der Waals surface area contributed by atoms with Crippen LogP contribution in [0.4, 0.5) is 0 Å². The zero-order valence-electron chi connectivity index (χ0n) is 14.3. The van der Waals surface area contributed by atoms with E-state index in [-0.39, 0.29) is 13.3 Å². The van der Waals surface area contributed by atoms with Crippen molar-refractivity contribution in [1.82, 2.24) is 4.57 Å². The van der Waals surface area contributed by atoms with Crippen LogP contribution in [0.3, 0.4) is 0 Å². The molecule has 0 aromatic carbocycles. The topological polar surface area (TPSA) is 52.8 Å². The molecule has 1 aliphatic heterocycles. The number of aryl methyl sites for hydroxylation is 1. The van der Waals surface area contributed by atoms with E-state index < -0.39 is 5.60 Å². The summed E-state index contributed by atoms with van der Waals surface area (Å²) in [5.41, 5.74) is 0.494. The lowest BCUT2D eigenvalue weighted by atomic mass is 9.74. The quantitative estimate of drug-likeness (QED) is 0.834. The number of amides is 1. The fraction of sp³-hybridized carbons (Fsp3) is 0.778. The van der Waals surface area contributed by atoms with Crippen molar-refractivity contribution < 1.29 is 14.3 Å². The predicted octanol–water partition coefficient (Wildman–Crippen LogP) is 3.23. The first kappa shape index (κ1) is 19.3. The molecule has 1 aromatic rings. The Morgan fingerprint density at radius 1 is 1.46 bits per heavy atom. The molecule has 0 spiro atoms. The first-order chi connectivity index (χ1) is 11.1. The number of carbonyl (C=O) groups is 1. The molecule has 2 unspecified atom stereocenters. The first-order valence-electron chi connectivity index (χ1n) is 8.44. The van der Waals surface area contributed by atoms with Crippen molar-refractivity contribution in [2.24, 2.45) is 10.9 Å². The van der Waals surface area contributed by atoms with Crippen LogP contribution >= 0.6 is 11.3 Å². The van der Waals surface area contributed by atoms with Crippen molar-refractivity contribution in [3.63, 3.8) is 0 Å². The Kier molecular flexibility index (Phi) is 6.39. The third-order valence-electron chi connectivity index (χ3n) is 5.21. The number of methoxy groups -OCH3 is 1. The van der Waals surface area contributed by atoms with Gasteiger partial charge in [-0.05, 0) is 45.4 Å².